The van der Waals surface area contributed by atoms with Crippen molar-refractivity contribution < 1.29 is 9.59 Å². The predicted octanol–water partition coefficient (Wildman–Crippen LogP) is 2.99. The quantitative estimate of drug-likeness (QED) is 0.462. The molecule has 0 spiro atoms. The summed E-state index contributed by atoms with van der Waals surface area (Å²) in [7, 11) is 5.20. The molecule has 0 atom stereocenters. The second-order valence-electron chi connectivity index (χ2n) is 7.17. The lowest BCUT2D eigenvalue weighted by atomic mass is 10.1. The number of benzene rings is 2. The summed E-state index contributed by atoms with van der Waals surface area (Å²) in [5.41, 5.74) is 3.61. The van der Waals surface area contributed by atoms with Crippen LogP contribution in [0.25, 0.3) is 0 Å². The standard InChI is InChI=1S/C23H31N5O2/c1-5-6-21(29)27-20-13-9-18(10-14-20)16-26-23(24-2)25-15-17-7-11-19(12-8-17)22(30)28(3)4/h7-14H,5-6,15-16H2,1-4H3,(H,27,29)(H2,24,25,26). The van der Waals surface area contributed by atoms with Gasteiger partial charge in [0.1, 0.15) is 0 Å². The maximum absolute atomic E-state index is 12.0. The Morgan fingerprint density at radius 3 is 1.90 bits per heavy atom. The zero-order valence-electron chi connectivity index (χ0n) is 18.2. The Labute approximate surface area is 178 Å². The molecule has 0 aliphatic heterocycles. The maximum Gasteiger partial charge on any atom is 0.253 e. The number of hydrogen-bond donors (Lipinski definition) is 3. The van der Waals surface area contributed by atoms with Crippen LogP contribution in [0.1, 0.15) is 41.3 Å². The van der Waals surface area contributed by atoms with Crippen molar-refractivity contribution >= 4 is 23.5 Å². The topological polar surface area (TPSA) is 85.8 Å². The Morgan fingerprint density at radius 1 is 0.900 bits per heavy atom. The number of carbonyl (C=O) groups excluding carboxylic acids is 2. The number of nitrogens with zero attached hydrogens (tertiary/aromatic N) is 2. The van der Waals surface area contributed by atoms with Gasteiger partial charge in [-0.25, -0.2) is 0 Å². The van der Waals surface area contributed by atoms with Crippen LogP contribution in [0.4, 0.5) is 5.69 Å². The van der Waals surface area contributed by atoms with E-state index in [4.69, 9.17) is 0 Å². The van der Waals surface area contributed by atoms with Gasteiger partial charge in [-0.05, 0) is 41.8 Å². The molecule has 0 radical (unpaired) electrons. The fourth-order valence-electron chi connectivity index (χ4n) is 2.77. The number of carbonyl (C=O) groups is 2. The van der Waals surface area contributed by atoms with Crippen LogP contribution in [0.2, 0.25) is 0 Å². The molecule has 3 N–H and O–H groups in total. The minimum absolute atomic E-state index is 0.0112. The second-order valence-corrected chi connectivity index (χ2v) is 7.17. The highest BCUT2D eigenvalue weighted by Gasteiger charge is 2.07. The minimum Gasteiger partial charge on any atom is -0.352 e. The Bertz CT molecular complexity index is 858. The van der Waals surface area contributed by atoms with E-state index >= 15 is 0 Å². The van der Waals surface area contributed by atoms with E-state index in [9.17, 15) is 9.59 Å². The summed E-state index contributed by atoms with van der Waals surface area (Å²) < 4.78 is 0. The number of rotatable bonds is 8. The zero-order chi connectivity index (χ0) is 21.9. The van der Waals surface area contributed by atoms with E-state index in [1.807, 2.05) is 55.5 Å². The number of guanidine groups is 1. The average molecular weight is 410 g/mol. The molecule has 2 rings (SSSR count). The van der Waals surface area contributed by atoms with E-state index < -0.39 is 0 Å². The van der Waals surface area contributed by atoms with Crippen molar-refractivity contribution in [1.29, 1.82) is 0 Å². The van der Waals surface area contributed by atoms with Crippen molar-refractivity contribution in [1.82, 2.24) is 15.5 Å². The van der Waals surface area contributed by atoms with E-state index in [0.717, 1.165) is 23.2 Å². The van der Waals surface area contributed by atoms with Crippen LogP contribution in [0.5, 0.6) is 0 Å². The van der Waals surface area contributed by atoms with Gasteiger partial charge in [0.25, 0.3) is 5.91 Å². The number of anilines is 1. The minimum atomic E-state index is -0.0112. The molecule has 2 amide bonds. The largest absolute Gasteiger partial charge is 0.352 e. The smallest absolute Gasteiger partial charge is 0.253 e. The molecule has 2 aromatic rings. The summed E-state index contributed by atoms with van der Waals surface area (Å²) in [5.74, 6) is 0.707. The lowest BCUT2D eigenvalue weighted by Crippen LogP contribution is -2.36. The first-order valence-electron chi connectivity index (χ1n) is 10.1. The fraction of sp³-hybridized carbons (Fsp3) is 0.348. The van der Waals surface area contributed by atoms with Crippen molar-refractivity contribution in [2.75, 3.05) is 26.5 Å². The van der Waals surface area contributed by atoms with Gasteiger partial charge in [0.15, 0.2) is 5.96 Å². The molecule has 0 unspecified atom stereocenters. The van der Waals surface area contributed by atoms with E-state index in [1.54, 1.807) is 26.0 Å². The summed E-state index contributed by atoms with van der Waals surface area (Å²) in [6.07, 6.45) is 1.36. The van der Waals surface area contributed by atoms with Crippen LogP contribution in [0.3, 0.4) is 0 Å². The zero-order valence-corrected chi connectivity index (χ0v) is 18.2. The monoisotopic (exact) mass is 409 g/mol. The molecule has 0 bridgehead atoms. The summed E-state index contributed by atoms with van der Waals surface area (Å²) in [6, 6.07) is 15.3. The Hall–Kier alpha value is -3.35. The number of amides is 2. The maximum atomic E-state index is 12.0. The van der Waals surface area contributed by atoms with Gasteiger partial charge in [0, 0.05) is 51.9 Å². The van der Waals surface area contributed by atoms with Crippen molar-refractivity contribution in [2.24, 2.45) is 4.99 Å². The van der Waals surface area contributed by atoms with Crippen LogP contribution < -0.4 is 16.0 Å². The van der Waals surface area contributed by atoms with Gasteiger partial charge in [0.2, 0.25) is 5.91 Å². The third kappa shape index (κ3) is 7.24. The molecule has 0 saturated heterocycles. The van der Waals surface area contributed by atoms with Crippen molar-refractivity contribution in [2.45, 2.75) is 32.9 Å². The van der Waals surface area contributed by atoms with Crippen molar-refractivity contribution in [3.63, 3.8) is 0 Å². The van der Waals surface area contributed by atoms with Gasteiger partial charge >= 0.3 is 0 Å². The predicted molar refractivity (Wildman–Crippen MR) is 121 cm³/mol. The van der Waals surface area contributed by atoms with E-state index in [2.05, 4.69) is 20.9 Å². The summed E-state index contributed by atoms with van der Waals surface area (Å²) in [6.45, 7) is 3.19. The highest BCUT2D eigenvalue weighted by atomic mass is 16.2. The molecular weight excluding hydrogens is 378 g/mol. The van der Waals surface area contributed by atoms with Crippen LogP contribution >= 0.6 is 0 Å². The lowest BCUT2D eigenvalue weighted by Gasteiger charge is -2.13. The summed E-state index contributed by atoms with van der Waals surface area (Å²) >= 11 is 0. The first kappa shape index (κ1) is 22.9. The van der Waals surface area contributed by atoms with Gasteiger partial charge < -0.3 is 20.9 Å². The van der Waals surface area contributed by atoms with Gasteiger partial charge in [0.05, 0.1) is 0 Å². The summed E-state index contributed by atoms with van der Waals surface area (Å²) in [4.78, 5) is 29.4. The normalized spacial score (nSPS) is 11.0. The molecule has 0 aliphatic rings. The number of hydrogen-bond acceptors (Lipinski definition) is 3. The molecule has 30 heavy (non-hydrogen) atoms. The molecule has 0 aliphatic carbocycles. The van der Waals surface area contributed by atoms with Crippen LogP contribution in [-0.4, -0.2) is 43.8 Å². The van der Waals surface area contributed by atoms with Gasteiger partial charge in [-0.1, -0.05) is 31.2 Å². The lowest BCUT2D eigenvalue weighted by molar-refractivity contribution is -0.116. The molecule has 7 heteroatoms. The first-order valence-corrected chi connectivity index (χ1v) is 10.1. The fourth-order valence-corrected chi connectivity index (χ4v) is 2.77. The van der Waals surface area contributed by atoms with E-state index in [0.29, 0.717) is 31.0 Å². The third-order valence-electron chi connectivity index (χ3n) is 4.47. The SMILES string of the molecule is CCCC(=O)Nc1ccc(CNC(=NC)NCc2ccc(C(=O)N(C)C)cc2)cc1. The molecule has 7 nitrogen and oxygen atoms in total. The highest BCUT2D eigenvalue weighted by Crippen LogP contribution is 2.10. The van der Waals surface area contributed by atoms with Crippen molar-refractivity contribution in [3.05, 3.63) is 65.2 Å². The Morgan fingerprint density at radius 2 is 1.43 bits per heavy atom. The molecular formula is C23H31N5O2. The molecule has 0 saturated carbocycles. The number of aliphatic imine (C=N–C) groups is 1. The number of nitrogens with one attached hydrogen (secondary N) is 3. The van der Waals surface area contributed by atoms with Gasteiger partial charge in [-0.2, -0.15) is 0 Å². The molecule has 0 heterocycles. The van der Waals surface area contributed by atoms with E-state index in [-0.39, 0.29) is 11.8 Å². The molecule has 0 fully saturated rings. The summed E-state index contributed by atoms with van der Waals surface area (Å²) in [5, 5.41) is 9.42. The first-order chi connectivity index (χ1) is 14.4. The van der Waals surface area contributed by atoms with Crippen LogP contribution in [-0.2, 0) is 17.9 Å². The van der Waals surface area contributed by atoms with Gasteiger partial charge in [-0.15, -0.1) is 0 Å². The Balaban J connectivity index is 1.82. The van der Waals surface area contributed by atoms with Crippen LogP contribution in [0.15, 0.2) is 53.5 Å². The third-order valence-corrected chi connectivity index (χ3v) is 4.47. The molecule has 160 valence electrons. The highest BCUT2D eigenvalue weighted by molar-refractivity contribution is 5.93. The molecule has 2 aromatic carbocycles. The van der Waals surface area contributed by atoms with E-state index in [1.165, 1.54) is 0 Å². The Kier molecular flexibility index (Phi) is 8.87. The second kappa shape index (κ2) is 11.6. The van der Waals surface area contributed by atoms with Gasteiger partial charge in [-0.3, -0.25) is 14.6 Å². The van der Waals surface area contributed by atoms with Crippen LogP contribution in [0, 0.1) is 0 Å². The van der Waals surface area contributed by atoms with Crippen molar-refractivity contribution in [3.8, 4) is 0 Å². The molecule has 0 aromatic heterocycles. The average Bonchev–Trinajstić information content (AvgIpc) is 2.75.